The Morgan fingerprint density at radius 2 is 2.00 bits per heavy atom. The van der Waals surface area contributed by atoms with Crippen LogP contribution in [0.1, 0.15) is 31.9 Å². The number of nitrogens with one attached hydrogen (secondary N) is 1. The second-order valence-corrected chi connectivity index (χ2v) is 5.07. The summed E-state index contributed by atoms with van der Waals surface area (Å²) in [6.45, 7) is 4.27. The molecule has 0 aliphatic rings. The van der Waals surface area contributed by atoms with E-state index in [4.69, 9.17) is 5.73 Å². The fourth-order valence-corrected chi connectivity index (χ4v) is 1.80. The Morgan fingerprint density at radius 3 is 2.47 bits per heavy atom. The smallest absolute Gasteiger partial charge is 0.224 e. The number of halogens is 1. The molecular formula is C13H19BrN2O. The molecule has 3 N–H and O–H groups in total. The molecule has 0 radical (unpaired) electrons. The van der Waals surface area contributed by atoms with Crippen molar-refractivity contribution in [3.8, 4) is 0 Å². The summed E-state index contributed by atoms with van der Waals surface area (Å²) >= 11 is 3.40. The fraction of sp³-hybridized carbons (Fsp3) is 0.462. The molecule has 1 amide bonds. The first kappa shape index (κ1) is 14.2. The number of amides is 1. The SMILES string of the molecule is CCC(NC(=O)C(C)CN)c1ccc(Br)cc1. The highest BCUT2D eigenvalue weighted by Crippen LogP contribution is 2.19. The van der Waals surface area contributed by atoms with Gasteiger partial charge in [0, 0.05) is 16.9 Å². The van der Waals surface area contributed by atoms with E-state index in [9.17, 15) is 4.79 Å². The molecule has 17 heavy (non-hydrogen) atoms. The Labute approximate surface area is 111 Å². The predicted octanol–water partition coefficient (Wildman–Crippen LogP) is 2.61. The van der Waals surface area contributed by atoms with Crippen LogP contribution in [0.25, 0.3) is 0 Å². The van der Waals surface area contributed by atoms with Gasteiger partial charge >= 0.3 is 0 Å². The quantitative estimate of drug-likeness (QED) is 0.878. The molecule has 94 valence electrons. The number of benzene rings is 1. The van der Waals surface area contributed by atoms with E-state index in [0.29, 0.717) is 6.54 Å². The molecule has 0 aliphatic carbocycles. The van der Waals surface area contributed by atoms with E-state index in [1.165, 1.54) is 0 Å². The summed E-state index contributed by atoms with van der Waals surface area (Å²) in [4.78, 5) is 11.8. The third-order valence-corrected chi connectivity index (χ3v) is 3.33. The van der Waals surface area contributed by atoms with Crippen molar-refractivity contribution in [2.75, 3.05) is 6.54 Å². The van der Waals surface area contributed by atoms with Crippen LogP contribution in [-0.4, -0.2) is 12.5 Å². The van der Waals surface area contributed by atoms with E-state index >= 15 is 0 Å². The predicted molar refractivity (Wildman–Crippen MR) is 73.5 cm³/mol. The summed E-state index contributed by atoms with van der Waals surface area (Å²) in [7, 11) is 0. The van der Waals surface area contributed by atoms with E-state index in [2.05, 4.69) is 28.2 Å². The Kier molecular flexibility index (Phi) is 5.65. The van der Waals surface area contributed by atoms with Gasteiger partial charge in [0.15, 0.2) is 0 Å². The van der Waals surface area contributed by atoms with E-state index in [-0.39, 0.29) is 17.9 Å². The first-order chi connectivity index (χ1) is 8.08. The van der Waals surface area contributed by atoms with Crippen molar-refractivity contribution in [3.05, 3.63) is 34.3 Å². The lowest BCUT2D eigenvalue weighted by Crippen LogP contribution is -2.35. The molecule has 1 aromatic carbocycles. The van der Waals surface area contributed by atoms with Crippen LogP contribution in [0.2, 0.25) is 0 Å². The second-order valence-electron chi connectivity index (χ2n) is 4.16. The molecule has 4 heteroatoms. The molecule has 0 fully saturated rings. The third kappa shape index (κ3) is 4.13. The molecule has 1 aromatic rings. The second kappa shape index (κ2) is 6.77. The van der Waals surface area contributed by atoms with Gasteiger partial charge in [-0.25, -0.2) is 0 Å². The van der Waals surface area contributed by atoms with Gasteiger partial charge in [0.25, 0.3) is 0 Å². The standard InChI is InChI=1S/C13H19BrN2O/c1-3-12(16-13(17)9(2)8-15)10-4-6-11(14)7-5-10/h4-7,9,12H,3,8,15H2,1-2H3,(H,16,17). The minimum absolute atomic E-state index is 0.0160. The van der Waals surface area contributed by atoms with Crippen LogP contribution in [-0.2, 0) is 4.79 Å². The zero-order valence-corrected chi connectivity index (χ0v) is 11.8. The number of hydrogen-bond acceptors (Lipinski definition) is 2. The monoisotopic (exact) mass is 298 g/mol. The summed E-state index contributed by atoms with van der Waals surface area (Å²) < 4.78 is 1.04. The number of carbonyl (C=O) groups excluding carboxylic acids is 1. The van der Waals surface area contributed by atoms with E-state index in [1.807, 2.05) is 31.2 Å². The van der Waals surface area contributed by atoms with Crippen LogP contribution in [0.15, 0.2) is 28.7 Å². The summed E-state index contributed by atoms with van der Waals surface area (Å²) in [6, 6.07) is 8.06. The van der Waals surface area contributed by atoms with Crippen LogP contribution in [0.5, 0.6) is 0 Å². The molecule has 2 unspecified atom stereocenters. The van der Waals surface area contributed by atoms with Gasteiger partial charge in [-0.15, -0.1) is 0 Å². The summed E-state index contributed by atoms with van der Waals surface area (Å²) in [5.41, 5.74) is 6.60. The molecule has 2 atom stereocenters. The molecule has 0 spiro atoms. The van der Waals surface area contributed by atoms with Crippen LogP contribution in [0.3, 0.4) is 0 Å². The fourth-order valence-electron chi connectivity index (χ4n) is 1.54. The van der Waals surface area contributed by atoms with Crippen molar-refractivity contribution >= 4 is 21.8 Å². The zero-order chi connectivity index (χ0) is 12.8. The number of nitrogens with two attached hydrogens (primary N) is 1. The topological polar surface area (TPSA) is 55.1 Å². The summed E-state index contributed by atoms with van der Waals surface area (Å²) in [5.74, 6) is -0.123. The minimum Gasteiger partial charge on any atom is -0.349 e. The van der Waals surface area contributed by atoms with Crippen molar-refractivity contribution in [1.29, 1.82) is 0 Å². The minimum atomic E-state index is -0.139. The van der Waals surface area contributed by atoms with Gasteiger partial charge in [0.05, 0.1) is 6.04 Å². The molecule has 0 aliphatic heterocycles. The van der Waals surface area contributed by atoms with Gasteiger partial charge in [-0.05, 0) is 24.1 Å². The molecular weight excluding hydrogens is 280 g/mol. The molecule has 0 aromatic heterocycles. The number of carbonyl (C=O) groups is 1. The molecule has 0 bridgehead atoms. The molecule has 3 nitrogen and oxygen atoms in total. The van der Waals surface area contributed by atoms with Gasteiger partial charge in [0.1, 0.15) is 0 Å². The van der Waals surface area contributed by atoms with Gasteiger partial charge in [-0.1, -0.05) is 41.9 Å². The van der Waals surface area contributed by atoms with Crippen molar-refractivity contribution in [2.24, 2.45) is 11.7 Å². The van der Waals surface area contributed by atoms with Gasteiger partial charge in [0.2, 0.25) is 5.91 Å². The maximum atomic E-state index is 11.8. The van der Waals surface area contributed by atoms with Crippen LogP contribution in [0.4, 0.5) is 0 Å². The normalized spacial score (nSPS) is 14.1. The number of hydrogen-bond donors (Lipinski definition) is 2. The van der Waals surface area contributed by atoms with E-state index in [1.54, 1.807) is 0 Å². The Hall–Kier alpha value is -0.870. The van der Waals surface area contributed by atoms with Crippen LogP contribution < -0.4 is 11.1 Å². The first-order valence-electron chi connectivity index (χ1n) is 5.84. The van der Waals surface area contributed by atoms with Crippen LogP contribution >= 0.6 is 15.9 Å². The molecule has 0 saturated heterocycles. The Bertz CT molecular complexity index is 364. The van der Waals surface area contributed by atoms with Gasteiger partial charge in [-0.3, -0.25) is 4.79 Å². The van der Waals surface area contributed by atoms with E-state index in [0.717, 1.165) is 16.5 Å². The Morgan fingerprint density at radius 1 is 1.41 bits per heavy atom. The molecule has 1 rings (SSSR count). The lowest BCUT2D eigenvalue weighted by molar-refractivity contribution is -0.125. The highest BCUT2D eigenvalue weighted by molar-refractivity contribution is 9.10. The lowest BCUT2D eigenvalue weighted by Gasteiger charge is -2.19. The van der Waals surface area contributed by atoms with E-state index < -0.39 is 0 Å². The Balaban J connectivity index is 2.72. The van der Waals surface area contributed by atoms with Crippen molar-refractivity contribution in [3.63, 3.8) is 0 Å². The van der Waals surface area contributed by atoms with Crippen molar-refractivity contribution in [2.45, 2.75) is 26.3 Å². The maximum absolute atomic E-state index is 11.8. The number of rotatable bonds is 5. The van der Waals surface area contributed by atoms with Crippen molar-refractivity contribution < 1.29 is 4.79 Å². The average molecular weight is 299 g/mol. The third-order valence-electron chi connectivity index (χ3n) is 2.80. The highest BCUT2D eigenvalue weighted by atomic mass is 79.9. The van der Waals surface area contributed by atoms with Crippen molar-refractivity contribution in [1.82, 2.24) is 5.32 Å². The molecule has 0 heterocycles. The van der Waals surface area contributed by atoms with Crippen LogP contribution in [0, 0.1) is 5.92 Å². The largest absolute Gasteiger partial charge is 0.349 e. The summed E-state index contributed by atoms with van der Waals surface area (Å²) in [6.07, 6.45) is 0.866. The maximum Gasteiger partial charge on any atom is 0.224 e. The van der Waals surface area contributed by atoms with Gasteiger partial charge in [-0.2, -0.15) is 0 Å². The lowest BCUT2D eigenvalue weighted by atomic mass is 10.0. The zero-order valence-electron chi connectivity index (χ0n) is 10.2. The summed E-state index contributed by atoms with van der Waals surface area (Å²) in [5, 5.41) is 3.02. The average Bonchev–Trinajstić information content (AvgIpc) is 2.35. The highest BCUT2D eigenvalue weighted by Gasteiger charge is 2.16. The van der Waals surface area contributed by atoms with Gasteiger partial charge < -0.3 is 11.1 Å². The first-order valence-corrected chi connectivity index (χ1v) is 6.63. The molecule has 0 saturated carbocycles.